The molecule has 0 spiro atoms. The van der Waals surface area contributed by atoms with E-state index in [0.29, 0.717) is 23.9 Å². The van der Waals surface area contributed by atoms with E-state index < -0.39 is 10.0 Å². The normalized spacial score (nSPS) is 16.9. The molecule has 1 saturated heterocycles. The standard InChI is InChI=1S/C17H23N3O2S.ClH/c1-2-18-12-14-7-10-20(11-8-14)23(21,22)17-5-3-4-15-13-19-9-6-16(15)17;/h3-6,9,13-14,18H,2,7-8,10-12H2,1H3;1H. The van der Waals surface area contributed by atoms with Crippen molar-refractivity contribution in [2.75, 3.05) is 26.2 Å². The van der Waals surface area contributed by atoms with Crippen molar-refractivity contribution in [1.29, 1.82) is 0 Å². The van der Waals surface area contributed by atoms with Crippen molar-refractivity contribution in [3.63, 3.8) is 0 Å². The van der Waals surface area contributed by atoms with Crippen LogP contribution in [0.25, 0.3) is 10.8 Å². The molecule has 132 valence electrons. The first-order valence-corrected chi connectivity index (χ1v) is 9.60. The van der Waals surface area contributed by atoms with Crippen molar-refractivity contribution in [1.82, 2.24) is 14.6 Å². The van der Waals surface area contributed by atoms with Crippen LogP contribution in [0.5, 0.6) is 0 Å². The van der Waals surface area contributed by atoms with E-state index in [1.165, 1.54) is 0 Å². The summed E-state index contributed by atoms with van der Waals surface area (Å²) in [5.41, 5.74) is 0. The summed E-state index contributed by atoms with van der Waals surface area (Å²) in [6, 6.07) is 7.15. The number of benzene rings is 1. The molecular formula is C17H24ClN3O2S. The summed E-state index contributed by atoms with van der Waals surface area (Å²) in [6.07, 6.45) is 5.18. The van der Waals surface area contributed by atoms with Crippen molar-refractivity contribution in [3.05, 3.63) is 36.7 Å². The molecule has 0 bridgehead atoms. The molecule has 0 atom stereocenters. The first-order chi connectivity index (χ1) is 11.1. The first kappa shape index (κ1) is 19.1. The van der Waals surface area contributed by atoms with Crippen molar-refractivity contribution in [3.8, 4) is 0 Å². The molecule has 2 aromatic rings. The lowest BCUT2D eigenvalue weighted by atomic mass is 9.98. The molecule has 0 aliphatic carbocycles. The van der Waals surface area contributed by atoms with Crippen LogP contribution in [0, 0.1) is 5.92 Å². The van der Waals surface area contributed by atoms with Gasteiger partial charge in [0, 0.05) is 36.3 Å². The van der Waals surface area contributed by atoms with E-state index in [1.54, 1.807) is 34.9 Å². The van der Waals surface area contributed by atoms with Gasteiger partial charge in [-0.15, -0.1) is 12.4 Å². The fraction of sp³-hybridized carbons (Fsp3) is 0.471. The minimum Gasteiger partial charge on any atom is -0.317 e. The number of hydrogen-bond donors (Lipinski definition) is 1. The molecule has 0 amide bonds. The zero-order valence-electron chi connectivity index (χ0n) is 13.8. The van der Waals surface area contributed by atoms with Crippen molar-refractivity contribution < 1.29 is 8.42 Å². The summed E-state index contributed by atoms with van der Waals surface area (Å²) in [6.45, 7) is 5.22. The van der Waals surface area contributed by atoms with Gasteiger partial charge < -0.3 is 5.32 Å². The van der Waals surface area contributed by atoms with Gasteiger partial charge in [0.1, 0.15) is 0 Å². The van der Waals surface area contributed by atoms with Crippen LogP contribution in [0.3, 0.4) is 0 Å². The second-order valence-electron chi connectivity index (χ2n) is 6.01. The van der Waals surface area contributed by atoms with Gasteiger partial charge in [-0.2, -0.15) is 4.31 Å². The molecule has 24 heavy (non-hydrogen) atoms. The highest BCUT2D eigenvalue weighted by Crippen LogP contribution is 2.28. The fourth-order valence-corrected chi connectivity index (χ4v) is 4.84. The van der Waals surface area contributed by atoms with Crippen LogP contribution in [-0.2, 0) is 10.0 Å². The van der Waals surface area contributed by atoms with E-state index in [9.17, 15) is 8.42 Å². The smallest absolute Gasteiger partial charge is 0.243 e. The third-order valence-corrected chi connectivity index (χ3v) is 6.47. The Morgan fingerprint density at radius 3 is 2.71 bits per heavy atom. The summed E-state index contributed by atoms with van der Waals surface area (Å²) in [7, 11) is -3.45. The molecule has 1 fully saturated rings. The van der Waals surface area contributed by atoms with E-state index in [0.717, 1.165) is 36.7 Å². The van der Waals surface area contributed by atoms with Crippen LogP contribution in [0.15, 0.2) is 41.6 Å². The molecule has 1 aromatic carbocycles. The number of halogens is 1. The first-order valence-electron chi connectivity index (χ1n) is 8.16. The highest BCUT2D eigenvalue weighted by atomic mass is 35.5. The Kier molecular flexibility index (Phi) is 6.57. The van der Waals surface area contributed by atoms with Crippen LogP contribution in [-0.4, -0.2) is 43.9 Å². The monoisotopic (exact) mass is 369 g/mol. The maximum atomic E-state index is 13.0. The molecule has 1 N–H and O–H groups in total. The lowest BCUT2D eigenvalue weighted by Gasteiger charge is -2.31. The van der Waals surface area contributed by atoms with Gasteiger partial charge in [0.2, 0.25) is 10.0 Å². The van der Waals surface area contributed by atoms with Gasteiger partial charge in [-0.25, -0.2) is 8.42 Å². The van der Waals surface area contributed by atoms with Gasteiger partial charge in [0.05, 0.1) is 4.90 Å². The van der Waals surface area contributed by atoms with Crippen LogP contribution in [0.4, 0.5) is 0 Å². The predicted molar refractivity (Wildman–Crippen MR) is 99.0 cm³/mol. The van der Waals surface area contributed by atoms with Crippen LogP contribution in [0.2, 0.25) is 0 Å². The molecule has 0 radical (unpaired) electrons. The van der Waals surface area contributed by atoms with E-state index >= 15 is 0 Å². The summed E-state index contributed by atoms with van der Waals surface area (Å²) in [5.74, 6) is 0.568. The van der Waals surface area contributed by atoms with E-state index in [1.807, 2.05) is 6.07 Å². The van der Waals surface area contributed by atoms with Gasteiger partial charge in [-0.05, 0) is 44.0 Å². The van der Waals surface area contributed by atoms with Crippen molar-refractivity contribution >= 4 is 33.2 Å². The maximum Gasteiger partial charge on any atom is 0.243 e. The number of nitrogens with zero attached hydrogens (tertiary/aromatic N) is 2. The zero-order valence-corrected chi connectivity index (χ0v) is 15.4. The predicted octanol–water partition coefficient (Wildman–Crippen LogP) is 2.67. The Bertz CT molecular complexity index is 769. The minimum atomic E-state index is -3.45. The number of fused-ring (bicyclic) bond motifs is 1. The fourth-order valence-electron chi connectivity index (χ4n) is 3.16. The number of rotatable bonds is 5. The molecule has 1 aliphatic rings. The SMILES string of the molecule is CCNCC1CCN(S(=O)(=O)c2cccc3cnccc23)CC1.Cl. The second-order valence-corrected chi connectivity index (χ2v) is 7.91. The summed E-state index contributed by atoms with van der Waals surface area (Å²) in [4.78, 5) is 4.46. The maximum absolute atomic E-state index is 13.0. The molecule has 1 aliphatic heterocycles. The number of hydrogen-bond acceptors (Lipinski definition) is 4. The number of piperidine rings is 1. The Morgan fingerprint density at radius 2 is 2.00 bits per heavy atom. The van der Waals surface area contributed by atoms with Gasteiger partial charge in [0.25, 0.3) is 0 Å². The molecule has 2 heterocycles. The highest BCUT2D eigenvalue weighted by Gasteiger charge is 2.30. The Labute approximate surface area is 149 Å². The lowest BCUT2D eigenvalue weighted by molar-refractivity contribution is 0.268. The van der Waals surface area contributed by atoms with E-state index in [-0.39, 0.29) is 12.4 Å². The molecular weight excluding hydrogens is 346 g/mol. The van der Waals surface area contributed by atoms with Crippen LogP contribution < -0.4 is 5.32 Å². The van der Waals surface area contributed by atoms with Gasteiger partial charge in [0.15, 0.2) is 0 Å². The third kappa shape index (κ3) is 3.88. The molecule has 5 nitrogen and oxygen atoms in total. The average molecular weight is 370 g/mol. The Balaban J connectivity index is 0.00000208. The Hall–Kier alpha value is -1.21. The number of pyridine rings is 1. The van der Waals surface area contributed by atoms with Crippen LogP contribution in [0.1, 0.15) is 19.8 Å². The molecule has 0 unspecified atom stereocenters. The number of nitrogens with one attached hydrogen (secondary N) is 1. The highest BCUT2D eigenvalue weighted by molar-refractivity contribution is 7.89. The largest absolute Gasteiger partial charge is 0.317 e. The zero-order chi connectivity index (χ0) is 16.3. The molecule has 7 heteroatoms. The number of sulfonamides is 1. The molecule has 0 saturated carbocycles. The van der Waals surface area contributed by atoms with E-state index in [4.69, 9.17) is 0 Å². The van der Waals surface area contributed by atoms with Gasteiger partial charge in [-0.3, -0.25) is 4.98 Å². The topological polar surface area (TPSA) is 62.3 Å². The number of aromatic nitrogens is 1. The van der Waals surface area contributed by atoms with Crippen molar-refractivity contribution in [2.45, 2.75) is 24.7 Å². The lowest BCUT2D eigenvalue weighted by Crippen LogP contribution is -2.40. The van der Waals surface area contributed by atoms with Crippen LogP contribution >= 0.6 is 12.4 Å². The van der Waals surface area contributed by atoms with Gasteiger partial charge in [-0.1, -0.05) is 19.1 Å². The molecule has 1 aromatic heterocycles. The quantitative estimate of drug-likeness (QED) is 0.880. The summed E-state index contributed by atoms with van der Waals surface area (Å²) >= 11 is 0. The van der Waals surface area contributed by atoms with Crippen molar-refractivity contribution in [2.24, 2.45) is 5.92 Å². The second kappa shape index (κ2) is 8.25. The average Bonchev–Trinajstić information content (AvgIpc) is 2.59. The Morgan fingerprint density at radius 1 is 1.25 bits per heavy atom. The summed E-state index contributed by atoms with van der Waals surface area (Å²) < 4.78 is 27.7. The van der Waals surface area contributed by atoms with Gasteiger partial charge >= 0.3 is 0 Å². The molecule has 3 rings (SSSR count). The third-order valence-electron chi connectivity index (χ3n) is 4.52. The summed E-state index contributed by atoms with van der Waals surface area (Å²) in [5, 5.41) is 4.96. The van der Waals surface area contributed by atoms with E-state index in [2.05, 4.69) is 17.2 Å². The minimum absolute atomic E-state index is 0.